The molecule has 1 heterocycles. The molecule has 0 unspecified atom stereocenters. The second-order valence-electron chi connectivity index (χ2n) is 5.13. The van der Waals surface area contributed by atoms with Gasteiger partial charge in [0.15, 0.2) is 0 Å². The molecular formula is C16H17BrF3N3O. The van der Waals surface area contributed by atoms with Crippen LogP contribution in [0.1, 0.15) is 25.3 Å². The zero-order valence-corrected chi connectivity index (χ0v) is 14.9. The Bertz CT molecular complexity index is 695. The molecule has 0 aliphatic carbocycles. The number of alkyl halides is 3. The highest BCUT2D eigenvalue weighted by Gasteiger charge is 2.36. The molecule has 0 spiro atoms. The smallest absolute Gasteiger partial charge is 0.423 e. The van der Waals surface area contributed by atoms with Crippen LogP contribution >= 0.6 is 15.9 Å². The number of hydrogen-bond acceptors (Lipinski definition) is 4. The number of anilines is 2. The molecule has 8 heteroatoms. The molecule has 0 amide bonds. The molecule has 0 aliphatic rings. The summed E-state index contributed by atoms with van der Waals surface area (Å²) in [5.41, 5.74) is -0.228. The Morgan fingerprint density at radius 2 is 2.04 bits per heavy atom. The van der Waals surface area contributed by atoms with Crippen LogP contribution in [0, 0.1) is 0 Å². The molecule has 1 aromatic carbocycles. The van der Waals surface area contributed by atoms with E-state index in [-0.39, 0.29) is 12.6 Å². The Labute approximate surface area is 146 Å². The minimum Gasteiger partial charge on any atom is -0.477 e. The van der Waals surface area contributed by atoms with Crippen molar-refractivity contribution in [1.29, 1.82) is 0 Å². The maximum Gasteiger partial charge on any atom is 0.423 e. The molecule has 0 radical (unpaired) electrons. The van der Waals surface area contributed by atoms with Crippen LogP contribution in [-0.4, -0.2) is 23.6 Å². The van der Waals surface area contributed by atoms with E-state index < -0.39 is 17.6 Å². The molecule has 0 N–H and O–H groups in total. The fourth-order valence-electron chi connectivity index (χ4n) is 1.94. The van der Waals surface area contributed by atoms with Crippen molar-refractivity contribution in [2.45, 2.75) is 25.9 Å². The van der Waals surface area contributed by atoms with Crippen LogP contribution in [-0.2, 0) is 6.18 Å². The standard InChI is InChI=1S/C16H17BrF3N3O/c1-3-4-8-24-14-13(16(18,19)20)10-21-15(22-14)23(2)12-7-5-6-11(17)9-12/h5-7,9-10H,3-4,8H2,1-2H3. The van der Waals surface area contributed by atoms with Gasteiger partial charge in [-0.1, -0.05) is 35.3 Å². The third-order valence-electron chi connectivity index (χ3n) is 3.28. The highest BCUT2D eigenvalue weighted by atomic mass is 79.9. The fourth-order valence-corrected chi connectivity index (χ4v) is 2.32. The SMILES string of the molecule is CCCCOc1nc(N(C)c2cccc(Br)c2)ncc1C(F)(F)F. The van der Waals surface area contributed by atoms with Crippen molar-refractivity contribution in [3.05, 3.63) is 40.5 Å². The number of halogens is 4. The number of nitrogens with zero attached hydrogens (tertiary/aromatic N) is 3. The van der Waals surface area contributed by atoms with Crippen molar-refractivity contribution in [3.63, 3.8) is 0 Å². The van der Waals surface area contributed by atoms with Crippen LogP contribution in [0.4, 0.5) is 24.8 Å². The number of benzene rings is 1. The van der Waals surface area contributed by atoms with Crippen LogP contribution in [0.3, 0.4) is 0 Å². The van der Waals surface area contributed by atoms with Gasteiger partial charge in [-0.2, -0.15) is 18.2 Å². The van der Waals surface area contributed by atoms with E-state index in [4.69, 9.17) is 4.74 Å². The van der Waals surface area contributed by atoms with Crippen molar-refractivity contribution >= 4 is 27.6 Å². The topological polar surface area (TPSA) is 38.2 Å². The minimum atomic E-state index is -4.56. The Morgan fingerprint density at radius 3 is 2.67 bits per heavy atom. The second-order valence-corrected chi connectivity index (χ2v) is 6.04. The average Bonchev–Trinajstić information content (AvgIpc) is 2.53. The zero-order valence-electron chi connectivity index (χ0n) is 13.3. The van der Waals surface area contributed by atoms with E-state index in [1.807, 2.05) is 31.2 Å². The molecule has 0 bridgehead atoms. The predicted molar refractivity (Wildman–Crippen MR) is 89.6 cm³/mol. The molecule has 2 aromatic rings. The molecule has 0 saturated carbocycles. The van der Waals surface area contributed by atoms with Crippen LogP contribution < -0.4 is 9.64 Å². The zero-order chi connectivity index (χ0) is 17.7. The lowest BCUT2D eigenvalue weighted by Crippen LogP contribution is -2.17. The molecule has 24 heavy (non-hydrogen) atoms. The average molecular weight is 404 g/mol. The Morgan fingerprint density at radius 1 is 1.29 bits per heavy atom. The molecule has 0 fully saturated rings. The Kier molecular flexibility index (Phi) is 6.04. The molecule has 0 aliphatic heterocycles. The number of aromatic nitrogens is 2. The predicted octanol–water partition coefficient (Wildman–Crippen LogP) is 5.20. The van der Waals surface area contributed by atoms with Crippen molar-refractivity contribution in [2.75, 3.05) is 18.6 Å². The first-order valence-corrected chi connectivity index (χ1v) is 8.18. The van der Waals surface area contributed by atoms with Crippen molar-refractivity contribution in [3.8, 4) is 5.88 Å². The molecule has 4 nitrogen and oxygen atoms in total. The first kappa shape index (κ1) is 18.5. The summed E-state index contributed by atoms with van der Waals surface area (Å²) in [6, 6.07) is 7.30. The lowest BCUT2D eigenvalue weighted by molar-refractivity contribution is -0.139. The van der Waals surface area contributed by atoms with Crippen LogP contribution in [0.15, 0.2) is 34.9 Å². The van der Waals surface area contributed by atoms with E-state index >= 15 is 0 Å². The van der Waals surface area contributed by atoms with Crippen molar-refractivity contribution in [2.24, 2.45) is 0 Å². The van der Waals surface area contributed by atoms with Gasteiger partial charge in [0.1, 0.15) is 5.56 Å². The van der Waals surface area contributed by atoms with E-state index in [0.29, 0.717) is 6.42 Å². The van der Waals surface area contributed by atoms with Crippen molar-refractivity contribution < 1.29 is 17.9 Å². The molecular weight excluding hydrogens is 387 g/mol. The van der Waals surface area contributed by atoms with E-state index in [2.05, 4.69) is 25.9 Å². The molecule has 1 aromatic heterocycles. The van der Waals surface area contributed by atoms with E-state index in [1.165, 1.54) is 0 Å². The van der Waals surface area contributed by atoms with Crippen LogP contribution in [0.2, 0.25) is 0 Å². The highest BCUT2D eigenvalue weighted by Crippen LogP contribution is 2.36. The van der Waals surface area contributed by atoms with Crippen LogP contribution in [0.5, 0.6) is 5.88 Å². The van der Waals surface area contributed by atoms with E-state index in [1.54, 1.807) is 11.9 Å². The Balaban J connectivity index is 2.35. The maximum absolute atomic E-state index is 13.1. The summed E-state index contributed by atoms with van der Waals surface area (Å²) in [5, 5.41) is 0. The summed E-state index contributed by atoms with van der Waals surface area (Å²) in [7, 11) is 1.68. The second kappa shape index (κ2) is 7.83. The first-order chi connectivity index (χ1) is 11.3. The van der Waals surface area contributed by atoms with Gasteiger partial charge in [0, 0.05) is 23.4 Å². The van der Waals surface area contributed by atoms with Gasteiger partial charge in [-0.05, 0) is 24.6 Å². The van der Waals surface area contributed by atoms with Crippen molar-refractivity contribution in [1.82, 2.24) is 9.97 Å². The summed E-state index contributed by atoms with van der Waals surface area (Å²) < 4.78 is 45.4. The maximum atomic E-state index is 13.1. The van der Waals surface area contributed by atoms with Gasteiger partial charge in [0.25, 0.3) is 0 Å². The van der Waals surface area contributed by atoms with Gasteiger partial charge in [-0.15, -0.1) is 0 Å². The van der Waals surface area contributed by atoms with Gasteiger partial charge < -0.3 is 9.64 Å². The number of hydrogen-bond donors (Lipinski definition) is 0. The molecule has 130 valence electrons. The van der Waals surface area contributed by atoms with Gasteiger partial charge in [-0.3, -0.25) is 0 Å². The molecule has 2 rings (SSSR count). The summed E-state index contributed by atoms with van der Waals surface area (Å²) >= 11 is 3.36. The summed E-state index contributed by atoms with van der Waals surface area (Å²) in [6.07, 6.45) is -2.33. The minimum absolute atomic E-state index is 0.132. The highest BCUT2D eigenvalue weighted by molar-refractivity contribution is 9.10. The van der Waals surface area contributed by atoms with Gasteiger partial charge >= 0.3 is 6.18 Å². The monoisotopic (exact) mass is 403 g/mol. The number of rotatable bonds is 6. The summed E-state index contributed by atoms with van der Waals surface area (Å²) in [4.78, 5) is 9.41. The first-order valence-electron chi connectivity index (χ1n) is 7.39. The number of unbranched alkanes of at least 4 members (excludes halogenated alkanes) is 1. The fraction of sp³-hybridized carbons (Fsp3) is 0.375. The molecule has 0 atom stereocenters. The number of ether oxygens (including phenoxy) is 1. The summed E-state index contributed by atoms with van der Waals surface area (Å²) in [5.74, 6) is -0.310. The van der Waals surface area contributed by atoms with Gasteiger partial charge in [0.05, 0.1) is 6.61 Å². The van der Waals surface area contributed by atoms with E-state index in [9.17, 15) is 13.2 Å². The lowest BCUT2D eigenvalue weighted by Gasteiger charge is -2.19. The van der Waals surface area contributed by atoms with Gasteiger partial charge in [0.2, 0.25) is 11.8 Å². The Hall–Kier alpha value is -1.83. The van der Waals surface area contributed by atoms with E-state index in [0.717, 1.165) is 22.8 Å². The van der Waals surface area contributed by atoms with Crippen LogP contribution in [0.25, 0.3) is 0 Å². The summed E-state index contributed by atoms with van der Waals surface area (Å²) in [6.45, 7) is 2.11. The van der Waals surface area contributed by atoms with Gasteiger partial charge in [-0.25, -0.2) is 4.98 Å². The largest absolute Gasteiger partial charge is 0.477 e. The molecule has 0 saturated heterocycles. The lowest BCUT2D eigenvalue weighted by atomic mass is 10.3. The normalized spacial score (nSPS) is 11.4. The third-order valence-corrected chi connectivity index (χ3v) is 3.77. The quantitative estimate of drug-likeness (QED) is 0.620. The third kappa shape index (κ3) is 4.59.